The Balaban J connectivity index is -0.000000120. The maximum Gasteiger partial charge on any atom is -0.0533 e. The second kappa shape index (κ2) is 10.8. The van der Waals surface area contributed by atoms with Crippen molar-refractivity contribution in [1.29, 1.82) is 0 Å². The molecule has 3 heteroatoms. The van der Waals surface area contributed by atoms with E-state index in [4.69, 9.17) is 0 Å². The summed E-state index contributed by atoms with van der Waals surface area (Å²) in [5.74, 6) is 0. The van der Waals surface area contributed by atoms with Crippen LogP contribution in [0.25, 0.3) is 0 Å². The van der Waals surface area contributed by atoms with Gasteiger partial charge in [-0.05, 0) is 0 Å². The quantitative estimate of drug-likeness (QED) is 0.475. The van der Waals surface area contributed by atoms with Gasteiger partial charge in [-0.15, -0.1) is 0 Å². The smallest absolute Gasteiger partial charge is 0.0533 e. The topological polar surface area (TPSA) is 105 Å². The van der Waals surface area contributed by atoms with Crippen molar-refractivity contribution in [1.82, 2.24) is 18.5 Å². The molecule has 0 aromatic heterocycles. The summed E-state index contributed by atoms with van der Waals surface area (Å²) in [6, 6.07) is 0. The first-order valence-electron chi connectivity index (χ1n) is 3.00. The highest BCUT2D eigenvalue weighted by Crippen LogP contribution is 2.15. The van der Waals surface area contributed by atoms with Gasteiger partial charge in [-0.25, -0.2) is 0 Å². The lowest BCUT2D eigenvalue weighted by molar-refractivity contribution is 0.504. The molecule has 0 bridgehead atoms. The molecule has 60 valence electrons. The minimum absolute atomic E-state index is 0. The van der Waals surface area contributed by atoms with Gasteiger partial charge in [0.1, 0.15) is 0 Å². The van der Waals surface area contributed by atoms with Crippen molar-refractivity contribution in [3.8, 4) is 0 Å². The molecule has 1 rings (SSSR count). The van der Waals surface area contributed by atoms with Crippen LogP contribution in [0.15, 0.2) is 0 Å². The predicted octanol–water partition coefficient (Wildman–Crippen LogP) is 2.83. The highest BCUT2D eigenvalue weighted by molar-refractivity contribution is 4.51. The molecule has 0 radical (unpaired) electrons. The van der Waals surface area contributed by atoms with Crippen LogP contribution >= 0.6 is 0 Å². The Bertz CT molecular complexity index is 23.8. The van der Waals surface area contributed by atoms with E-state index >= 15 is 0 Å². The van der Waals surface area contributed by atoms with Crippen LogP contribution in [0.5, 0.6) is 0 Å². The molecular weight excluding hydrogens is 114 g/mol. The van der Waals surface area contributed by atoms with Gasteiger partial charge in [0.25, 0.3) is 0 Å². The normalized spacial score (nSPS) is 16.0. The first-order valence-corrected chi connectivity index (χ1v) is 3.00. The summed E-state index contributed by atoms with van der Waals surface area (Å²) in [7, 11) is 0. The van der Waals surface area contributed by atoms with Crippen molar-refractivity contribution in [2.24, 2.45) is 0 Å². The zero-order valence-corrected chi connectivity index (χ0v) is 6.36. The summed E-state index contributed by atoms with van der Waals surface area (Å²) in [6.45, 7) is 0. The summed E-state index contributed by atoms with van der Waals surface area (Å²) in [6.07, 6.45) is 9.00. The fourth-order valence-electron chi connectivity index (χ4n) is 1.06. The molecule has 1 aliphatic rings. The predicted molar refractivity (Wildman–Crippen MR) is 42.8 cm³/mol. The van der Waals surface area contributed by atoms with Crippen molar-refractivity contribution in [3.05, 3.63) is 0 Å². The van der Waals surface area contributed by atoms with Gasteiger partial charge in [-0.2, -0.15) is 0 Å². The first kappa shape index (κ1) is 15.9. The summed E-state index contributed by atoms with van der Waals surface area (Å²) >= 11 is 0. The Hall–Kier alpha value is -0.120. The highest BCUT2D eigenvalue weighted by atomic mass is 14.0. The molecule has 1 fully saturated rings. The van der Waals surface area contributed by atoms with E-state index < -0.39 is 0 Å². The van der Waals surface area contributed by atoms with Gasteiger partial charge in [0.2, 0.25) is 0 Å². The summed E-state index contributed by atoms with van der Waals surface area (Å²) in [5, 5.41) is 0. The number of rotatable bonds is 0. The molecule has 1 aliphatic carbocycles. The van der Waals surface area contributed by atoms with Crippen LogP contribution in [0, 0.1) is 0 Å². The Morgan fingerprint density at radius 3 is 0.556 bits per heavy atom. The lowest BCUT2D eigenvalue weighted by Gasteiger charge is -2.05. The highest BCUT2D eigenvalue weighted by Gasteiger charge is 1.95. The molecule has 0 atom stereocenters. The van der Waals surface area contributed by atoms with Crippen LogP contribution in [0.1, 0.15) is 38.5 Å². The molecule has 9 N–H and O–H groups in total. The largest absolute Gasteiger partial charge is 0.344 e. The third-order valence-electron chi connectivity index (χ3n) is 1.50. The maximum absolute atomic E-state index is 1.50. The van der Waals surface area contributed by atoms with E-state index in [0.29, 0.717) is 0 Å². The van der Waals surface area contributed by atoms with Gasteiger partial charge in [0.15, 0.2) is 0 Å². The van der Waals surface area contributed by atoms with Gasteiger partial charge >= 0.3 is 0 Å². The van der Waals surface area contributed by atoms with Crippen LogP contribution in [0.4, 0.5) is 0 Å². The van der Waals surface area contributed by atoms with E-state index in [0.717, 1.165) is 0 Å². The Labute approximate surface area is 58.0 Å². The molecule has 0 heterocycles. The second-order valence-electron chi connectivity index (χ2n) is 2.12. The monoisotopic (exact) mass is 135 g/mol. The zero-order valence-electron chi connectivity index (χ0n) is 6.36. The van der Waals surface area contributed by atoms with E-state index in [1.54, 1.807) is 0 Å². The number of hydrogen-bond donors (Lipinski definition) is 3. The zero-order chi connectivity index (χ0) is 4.24. The van der Waals surface area contributed by atoms with Crippen molar-refractivity contribution in [2.75, 3.05) is 0 Å². The minimum atomic E-state index is 0. The van der Waals surface area contributed by atoms with Crippen LogP contribution in [0.3, 0.4) is 0 Å². The summed E-state index contributed by atoms with van der Waals surface area (Å²) in [4.78, 5) is 0. The molecule has 0 aromatic carbocycles. The average molecular weight is 135 g/mol. The molecule has 0 amide bonds. The van der Waals surface area contributed by atoms with Gasteiger partial charge < -0.3 is 18.5 Å². The van der Waals surface area contributed by atoms with Crippen LogP contribution < -0.4 is 18.5 Å². The van der Waals surface area contributed by atoms with Crippen LogP contribution in [-0.4, -0.2) is 0 Å². The molecule has 0 aliphatic heterocycles. The molecule has 0 spiro atoms. The van der Waals surface area contributed by atoms with E-state index in [9.17, 15) is 0 Å². The standard InChI is InChI=1S/C6H12.3H3N/c1-2-4-6-5-3-1;;;/h1-6H2;3*1H3. The maximum atomic E-state index is 1.50. The van der Waals surface area contributed by atoms with Crippen LogP contribution in [0.2, 0.25) is 0 Å². The van der Waals surface area contributed by atoms with Gasteiger partial charge in [0.05, 0.1) is 0 Å². The van der Waals surface area contributed by atoms with E-state index in [2.05, 4.69) is 0 Å². The first-order chi connectivity index (χ1) is 3.00. The van der Waals surface area contributed by atoms with Gasteiger partial charge in [-0.1, -0.05) is 38.5 Å². The molecule has 0 unspecified atom stereocenters. The molecule has 1 saturated carbocycles. The van der Waals surface area contributed by atoms with Crippen molar-refractivity contribution in [3.63, 3.8) is 0 Å². The van der Waals surface area contributed by atoms with E-state index in [1.807, 2.05) is 0 Å². The van der Waals surface area contributed by atoms with Crippen molar-refractivity contribution < 1.29 is 0 Å². The van der Waals surface area contributed by atoms with Crippen LogP contribution in [-0.2, 0) is 0 Å². The molecule has 3 nitrogen and oxygen atoms in total. The lowest BCUT2D eigenvalue weighted by Crippen LogP contribution is -1.85. The fraction of sp³-hybridized carbons (Fsp3) is 1.00. The lowest BCUT2D eigenvalue weighted by atomic mass is 10.0. The Morgan fingerprint density at radius 1 is 0.333 bits per heavy atom. The molecule has 9 heavy (non-hydrogen) atoms. The van der Waals surface area contributed by atoms with Gasteiger partial charge in [-0.3, -0.25) is 0 Å². The minimum Gasteiger partial charge on any atom is -0.344 e. The Morgan fingerprint density at radius 2 is 0.444 bits per heavy atom. The molecule has 0 saturated heterocycles. The van der Waals surface area contributed by atoms with Crippen molar-refractivity contribution in [2.45, 2.75) is 38.5 Å². The summed E-state index contributed by atoms with van der Waals surface area (Å²) < 4.78 is 0. The van der Waals surface area contributed by atoms with E-state index in [-0.39, 0.29) is 18.5 Å². The second-order valence-corrected chi connectivity index (χ2v) is 2.12. The van der Waals surface area contributed by atoms with Crippen molar-refractivity contribution >= 4 is 0 Å². The number of hydrogen-bond acceptors (Lipinski definition) is 3. The third kappa shape index (κ3) is 7.88. The molecular formula is C6H21N3. The van der Waals surface area contributed by atoms with E-state index in [1.165, 1.54) is 38.5 Å². The SMILES string of the molecule is C1CCCCC1.N.N.N. The Kier molecular flexibility index (Phi) is 19.1. The fourth-order valence-corrected chi connectivity index (χ4v) is 1.06. The third-order valence-corrected chi connectivity index (χ3v) is 1.50. The molecule has 0 aromatic rings. The average Bonchev–Trinajstić information content (AvgIpc) is 1.72. The van der Waals surface area contributed by atoms with Gasteiger partial charge in [0, 0.05) is 0 Å². The summed E-state index contributed by atoms with van der Waals surface area (Å²) in [5.41, 5.74) is 0.